The van der Waals surface area contributed by atoms with E-state index in [0.717, 1.165) is 0 Å². The molecule has 7 nitrogen and oxygen atoms in total. The van der Waals surface area contributed by atoms with E-state index < -0.39 is 18.2 Å². The van der Waals surface area contributed by atoms with Crippen LogP contribution in [0.5, 0.6) is 0 Å². The molecule has 0 bridgehead atoms. The summed E-state index contributed by atoms with van der Waals surface area (Å²) >= 11 is 0. The van der Waals surface area contributed by atoms with Crippen LogP contribution in [0.15, 0.2) is 22.7 Å². The van der Waals surface area contributed by atoms with Crippen LogP contribution in [0.2, 0.25) is 0 Å². The van der Waals surface area contributed by atoms with E-state index >= 15 is 0 Å². The van der Waals surface area contributed by atoms with Crippen molar-refractivity contribution in [2.75, 3.05) is 13.1 Å². The number of hydrogen-bond donors (Lipinski definition) is 1. The predicted molar refractivity (Wildman–Crippen MR) is 85.4 cm³/mol. The van der Waals surface area contributed by atoms with Gasteiger partial charge in [0.2, 0.25) is 23.3 Å². The van der Waals surface area contributed by atoms with E-state index in [2.05, 4.69) is 10.1 Å². The number of carbonyl (C=O) groups excluding carboxylic acids is 1. The lowest BCUT2D eigenvalue weighted by atomic mass is 10.1. The number of carbonyl (C=O) groups is 2. The Morgan fingerprint density at radius 2 is 2.19 bits per heavy atom. The van der Waals surface area contributed by atoms with Gasteiger partial charge in [-0.15, -0.1) is 0 Å². The third-order valence-electron chi connectivity index (χ3n) is 4.41. The summed E-state index contributed by atoms with van der Waals surface area (Å²) < 4.78 is 32.7. The number of rotatable bonds is 5. The van der Waals surface area contributed by atoms with Crippen molar-refractivity contribution in [3.63, 3.8) is 0 Å². The molecule has 1 amide bonds. The largest absolute Gasteiger partial charge is 0.479 e. The zero-order chi connectivity index (χ0) is 18.9. The Labute approximate surface area is 147 Å². The smallest absolute Gasteiger partial charge is 0.343 e. The van der Waals surface area contributed by atoms with Crippen LogP contribution in [-0.4, -0.2) is 50.8 Å². The van der Waals surface area contributed by atoms with Gasteiger partial charge in [0, 0.05) is 31.4 Å². The van der Waals surface area contributed by atoms with Gasteiger partial charge in [0.1, 0.15) is 5.82 Å². The molecule has 1 fully saturated rings. The highest BCUT2D eigenvalue weighted by atomic mass is 19.1. The fourth-order valence-electron chi connectivity index (χ4n) is 2.74. The third-order valence-corrected chi connectivity index (χ3v) is 4.41. The molecule has 2 heterocycles. The zero-order valence-corrected chi connectivity index (χ0v) is 14.0. The van der Waals surface area contributed by atoms with Crippen molar-refractivity contribution in [2.45, 2.75) is 31.9 Å². The molecule has 0 spiro atoms. The molecule has 2 aromatic rings. The highest BCUT2D eigenvalue weighted by molar-refractivity contribution is 5.82. The molecule has 138 valence electrons. The zero-order valence-electron chi connectivity index (χ0n) is 14.0. The van der Waals surface area contributed by atoms with Crippen molar-refractivity contribution in [1.29, 1.82) is 0 Å². The Bertz CT molecular complexity index is 854. The molecule has 1 N–H and O–H groups in total. The van der Waals surface area contributed by atoms with Gasteiger partial charge in [-0.3, -0.25) is 4.79 Å². The number of likely N-dealkylation sites (tertiary alicyclic amines) is 1. The molecule has 9 heteroatoms. The lowest BCUT2D eigenvalue weighted by molar-refractivity contribution is -0.150. The number of nitrogens with zero attached hydrogens (tertiary/aromatic N) is 3. The first-order chi connectivity index (χ1) is 12.3. The van der Waals surface area contributed by atoms with Crippen LogP contribution in [0.1, 0.15) is 24.3 Å². The van der Waals surface area contributed by atoms with E-state index in [0.29, 0.717) is 11.1 Å². The minimum absolute atomic E-state index is 0.0143. The van der Waals surface area contributed by atoms with Gasteiger partial charge < -0.3 is 14.5 Å². The van der Waals surface area contributed by atoms with Gasteiger partial charge in [0.15, 0.2) is 0 Å². The molecule has 1 aliphatic heterocycles. The second-order valence-electron chi connectivity index (χ2n) is 6.31. The molecule has 1 aromatic heterocycles. The maximum absolute atomic E-state index is 14.0. The maximum atomic E-state index is 14.0. The summed E-state index contributed by atoms with van der Waals surface area (Å²) in [6.45, 7) is 1.24. The molecule has 3 rings (SSSR count). The van der Waals surface area contributed by atoms with Crippen LogP contribution in [0.25, 0.3) is 11.4 Å². The van der Waals surface area contributed by atoms with Crippen molar-refractivity contribution in [3.05, 3.63) is 35.5 Å². The van der Waals surface area contributed by atoms with E-state index in [1.165, 1.54) is 11.0 Å². The molecular formula is C17H17F2N3O4. The Balaban J connectivity index is 1.59. The fraction of sp³-hybridized carbons (Fsp3) is 0.412. The van der Waals surface area contributed by atoms with E-state index in [-0.39, 0.29) is 49.2 Å². The first-order valence-corrected chi connectivity index (χ1v) is 8.08. The summed E-state index contributed by atoms with van der Waals surface area (Å²) in [5, 5.41) is 12.6. The number of benzene rings is 1. The molecule has 0 aliphatic carbocycles. The third kappa shape index (κ3) is 3.56. The van der Waals surface area contributed by atoms with Gasteiger partial charge in [-0.1, -0.05) is 17.3 Å². The van der Waals surface area contributed by atoms with Gasteiger partial charge in [-0.2, -0.15) is 4.98 Å². The Morgan fingerprint density at radius 1 is 1.42 bits per heavy atom. The Kier molecular flexibility index (Phi) is 4.71. The topological polar surface area (TPSA) is 96.5 Å². The lowest BCUT2D eigenvalue weighted by Gasteiger charge is -2.17. The normalized spacial score (nSPS) is 19.7. The molecule has 1 unspecified atom stereocenters. The first kappa shape index (κ1) is 18.0. The van der Waals surface area contributed by atoms with Crippen LogP contribution < -0.4 is 0 Å². The maximum Gasteiger partial charge on any atom is 0.343 e. The van der Waals surface area contributed by atoms with Gasteiger partial charge >= 0.3 is 5.97 Å². The van der Waals surface area contributed by atoms with Gasteiger partial charge in [-0.25, -0.2) is 13.6 Å². The van der Waals surface area contributed by atoms with Crippen molar-refractivity contribution in [1.82, 2.24) is 15.0 Å². The molecular weight excluding hydrogens is 348 g/mol. The van der Waals surface area contributed by atoms with E-state index in [1.54, 1.807) is 19.1 Å². The summed E-state index contributed by atoms with van der Waals surface area (Å²) in [7, 11) is 0. The highest BCUT2D eigenvalue weighted by Crippen LogP contribution is 2.26. The summed E-state index contributed by atoms with van der Waals surface area (Å²) in [6.07, 6.45) is -0.111. The molecule has 1 atom stereocenters. The Hall–Kier alpha value is -2.84. The highest BCUT2D eigenvalue weighted by Gasteiger charge is 2.46. The molecule has 0 saturated carbocycles. The minimum atomic E-state index is -2.39. The summed E-state index contributed by atoms with van der Waals surface area (Å²) in [5.74, 6) is -1.92. The van der Waals surface area contributed by atoms with Crippen LogP contribution in [0.3, 0.4) is 0 Å². The molecule has 1 aromatic carbocycles. The van der Waals surface area contributed by atoms with Crippen LogP contribution in [0.4, 0.5) is 8.78 Å². The molecule has 1 aliphatic rings. The lowest BCUT2D eigenvalue weighted by Crippen LogP contribution is -2.38. The molecule has 1 saturated heterocycles. The first-order valence-electron chi connectivity index (χ1n) is 8.08. The standard InChI is InChI=1S/C17H17F2N3O4/c1-10-2-3-11(8-12(10)18)15-20-13(26-21-15)4-5-14(23)22-7-6-17(19,9-22)16(24)25/h2-3,8H,4-7,9H2,1H3,(H,24,25). The fourth-order valence-corrected chi connectivity index (χ4v) is 2.74. The number of carboxylic acid groups (broad SMARTS) is 1. The number of hydrogen-bond acceptors (Lipinski definition) is 5. The van der Waals surface area contributed by atoms with Crippen molar-refractivity contribution in [3.8, 4) is 11.4 Å². The number of aromatic nitrogens is 2. The second-order valence-corrected chi connectivity index (χ2v) is 6.31. The average Bonchev–Trinajstić information content (AvgIpc) is 3.23. The van der Waals surface area contributed by atoms with Gasteiger partial charge in [0.05, 0.1) is 6.54 Å². The monoisotopic (exact) mass is 365 g/mol. The van der Waals surface area contributed by atoms with Crippen LogP contribution >= 0.6 is 0 Å². The second kappa shape index (κ2) is 6.81. The van der Waals surface area contributed by atoms with Gasteiger partial charge in [0.25, 0.3) is 0 Å². The number of aryl methyl sites for hydroxylation is 2. The van der Waals surface area contributed by atoms with E-state index in [4.69, 9.17) is 9.63 Å². The number of alkyl halides is 1. The number of halogens is 2. The van der Waals surface area contributed by atoms with Crippen molar-refractivity contribution >= 4 is 11.9 Å². The number of carboxylic acids is 1. The SMILES string of the molecule is Cc1ccc(-c2noc(CCC(=O)N3CCC(F)(C(=O)O)C3)n2)cc1F. The summed E-state index contributed by atoms with van der Waals surface area (Å²) in [6, 6.07) is 4.56. The van der Waals surface area contributed by atoms with Crippen LogP contribution in [0, 0.1) is 12.7 Å². The Morgan fingerprint density at radius 3 is 2.85 bits per heavy atom. The van der Waals surface area contributed by atoms with E-state index in [1.807, 2.05) is 0 Å². The summed E-state index contributed by atoms with van der Waals surface area (Å²) in [5.41, 5.74) is -1.43. The van der Waals surface area contributed by atoms with Crippen molar-refractivity contribution < 1.29 is 28.0 Å². The molecule has 26 heavy (non-hydrogen) atoms. The average molecular weight is 365 g/mol. The van der Waals surface area contributed by atoms with E-state index in [9.17, 15) is 18.4 Å². The number of aliphatic carboxylic acids is 1. The van der Waals surface area contributed by atoms with Crippen LogP contribution in [-0.2, 0) is 16.0 Å². The minimum Gasteiger partial charge on any atom is -0.479 e. The van der Waals surface area contributed by atoms with Gasteiger partial charge in [-0.05, 0) is 18.6 Å². The summed E-state index contributed by atoms with van der Waals surface area (Å²) in [4.78, 5) is 28.3. The quantitative estimate of drug-likeness (QED) is 0.872. The van der Waals surface area contributed by atoms with Crippen molar-refractivity contribution in [2.24, 2.45) is 0 Å². The molecule has 0 radical (unpaired) electrons. The number of amides is 1. The predicted octanol–water partition coefficient (Wildman–Crippen LogP) is 2.14.